The van der Waals surface area contributed by atoms with Crippen molar-refractivity contribution in [2.24, 2.45) is 0 Å². The van der Waals surface area contributed by atoms with E-state index in [1.165, 1.54) is 18.2 Å². The molecule has 0 heterocycles. The van der Waals surface area contributed by atoms with E-state index < -0.39 is 11.1 Å². The number of nitrogens with zero attached hydrogens (tertiary/aromatic N) is 2. The summed E-state index contributed by atoms with van der Waals surface area (Å²) in [5, 5.41) is 18.4. The summed E-state index contributed by atoms with van der Waals surface area (Å²) in [4.78, 5) is 32.5. The Kier molecular flexibility index (Phi) is 3.28. The predicted octanol–water partition coefficient (Wildman–Crippen LogP) is 2.11. The number of anilines is 1. The minimum absolute atomic E-state index is 0.0396. The second kappa shape index (κ2) is 4.89. The minimum atomic E-state index is -1.66. The molecule has 0 fully saturated rings. The number of carbonyl (C=O) groups is 2. The van der Waals surface area contributed by atoms with Gasteiger partial charge in [-0.1, -0.05) is 12.1 Å². The van der Waals surface area contributed by atoms with Crippen LogP contribution in [-0.4, -0.2) is 22.0 Å². The molecular formula is C12H10N2O5. The van der Waals surface area contributed by atoms with Crippen LogP contribution in [-0.2, 0) is 4.79 Å². The first-order valence-electron chi connectivity index (χ1n) is 5.50. The van der Waals surface area contributed by atoms with E-state index in [-0.39, 0.29) is 16.5 Å². The zero-order valence-corrected chi connectivity index (χ0v) is 9.78. The summed E-state index contributed by atoms with van der Waals surface area (Å²) in [7, 11) is 0. The lowest BCUT2D eigenvalue weighted by Crippen LogP contribution is -2.34. The molecule has 1 aromatic carbocycles. The number of carbonyl (C=O) groups excluding carboxylic acids is 1. The van der Waals surface area contributed by atoms with Gasteiger partial charge in [0.15, 0.2) is 10.8 Å². The molecule has 0 bridgehead atoms. The zero-order valence-electron chi connectivity index (χ0n) is 9.78. The fourth-order valence-electron chi connectivity index (χ4n) is 1.92. The van der Waals surface area contributed by atoms with E-state index in [1.54, 1.807) is 12.1 Å². The molecule has 7 heteroatoms. The lowest BCUT2D eigenvalue weighted by Gasteiger charge is -2.09. The van der Waals surface area contributed by atoms with Crippen LogP contribution in [0.2, 0.25) is 0 Å². The summed E-state index contributed by atoms with van der Waals surface area (Å²) < 4.78 is 0. The van der Waals surface area contributed by atoms with E-state index in [1.807, 2.05) is 0 Å². The van der Waals surface area contributed by atoms with Crippen LogP contribution in [0.3, 0.4) is 0 Å². The topological polar surface area (TPSA) is 101 Å². The van der Waals surface area contributed by atoms with Crippen molar-refractivity contribution in [3.05, 3.63) is 46.0 Å². The highest BCUT2D eigenvalue weighted by Crippen LogP contribution is 2.27. The van der Waals surface area contributed by atoms with Crippen molar-refractivity contribution >= 4 is 23.1 Å². The van der Waals surface area contributed by atoms with Gasteiger partial charge >= 0.3 is 6.09 Å². The van der Waals surface area contributed by atoms with Gasteiger partial charge in [-0.15, -0.1) is 0 Å². The highest BCUT2D eigenvalue weighted by atomic mass is 16.7. The summed E-state index contributed by atoms with van der Waals surface area (Å²) in [6.07, 6.45) is 0.980. The Hall–Kier alpha value is -2.70. The Morgan fingerprint density at radius 3 is 2.32 bits per heavy atom. The zero-order chi connectivity index (χ0) is 14.0. The Morgan fingerprint density at radius 1 is 1.26 bits per heavy atom. The van der Waals surface area contributed by atoms with Gasteiger partial charge in [-0.05, 0) is 35.8 Å². The van der Waals surface area contributed by atoms with E-state index in [0.717, 1.165) is 11.1 Å². The molecule has 0 unspecified atom stereocenters. The van der Waals surface area contributed by atoms with Crippen LogP contribution in [0.5, 0.6) is 0 Å². The molecule has 0 spiro atoms. The number of allylic oxidation sites excluding steroid dienone is 2. The standard InChI is InChI=1S/C12H10N2O5/c15-11-6-3-9(7-11)8-1-4-10(5-2-8)13(12(16)17)14(18)19/h1-2,4-5,7H,3,6H2,(H,16,17). The maximum absolute atomic E-state index is 11.1. The molecule has 98 valence electrons. The highest BCUT2D eigenvalue weighted by molar-refractivity contribution is 6.01. The number of hydrogen-bond acceptors (Lipinski definition) is 4. The van der Waals surface area contributed by atoms with Crippen molar-refractivity contribution in [3.8, 4) is 0 Å². The summed E-state index contributed by atoms with van der Waals surface area (Å²) in [5.74, 6) is 0.0523. The van der Waals surface area contributed by atoms with Crippen molar-refractivity contribution in [2.75, 3.05) is 5.01 Å². The first-order chi connectivity index (χ1) is 8.99. The van der Waals surface area contributed by atoms with Crippen molar-refractivity contribution in [1.29, 1.82) is 0 Å². The van der Waals surface area contributed by atoms with Gasteiger partial charge in [0, 0.05) is 11.4 Å². The molecule has 0 radical (unpaired) electrons. The van der Waals surface area contributed by atoms with E-state index in [2.05, 4.69) is 0 Å². The van der Waals surface area contributed by atoms with E-state index in [0.29, 0.717) is 12.8 Å². The first kappa shape index (κ1) is 12.7. The van der Waals surface area contributed by atoms with Crippen LogP contribution in [0.15, 0.2) is 30.3 Å². The molecule has 1 aliphatic rings. The second-order valence-electron chi connectivity index (χ2n) is 4.01. The normalized spacial score (nSPS) is 14.1. The van der Waals surface area contributed by atoms with Crippen LogP contribution in [0.25, 0.3) is 5.57 Å². The molecule has 0 atom stereocenters. The Balaban J connectivity index is 2.28. The Bertz CT molecular complexity index is 562. The molecule has 0 aromatic heterocycles. The predicted molar refractivity (Wildman–Crippen MR) is 66.2 cm³/mol. The van der Waals surface area contributed by atoms with E-state index >= 15 is 0 Å². The van der Waals surface area contributed by atoms with Crippen LogP contribution in [0.4, 0.5) is 10.5 Å². The third-order valence-corrected chi connectivity index (χ3v) is 2.80. The van der Waals surface area contributed by atoms with Crippen LogP contribution >= 0.6 is 0 Å². The quantitative estimate of drug-likeness (QED) is 0.664. The number of carboxylic acid groups (broad SMARTS) is 1. The van der Waals surface area contributed by atoms with Gasteiger partial charge in [0.1, 0.15) is 5.69 Å². The molecule has 0 aliphatic heterocycles. The molecule has 19 heavy (non-hydrogen) atoms. The largest absolute Gasteiger partial charge is 0.470 e. The average molecular weight is 262 g/mol. The third kappa shape index (κ3) is 2.59. The number of amides is 1. The molecule has 7 nitrogen and oxygen atoms in total. The van der Waals surface area contributed by atoms with Crippen LogP contribution in [0.1, 0.15) is 18.4 Å². The molecule has 1 aliphatic carbocycles. The molecule has 1 N–H and O–H groups in total. The number of hydrazine groups is 1. The molecule has 0 saturated carbocycles. The van der Waals surface area contributed by atoms with Crippen molar-refractivity contribution in [2.45, 2.75) is 12.8 Å². The first-order valence-corrected chi connectivity index (χ1v) is 5.50. The third-order valence-electron chi connectivity index (χ3n) is 2.80. The fourth-order valence-corrected chi connectivity index (χ4v) is 1.92. The van der Waals surface area contributed by atoms with Gasteiger partial charge < -0.3 is 5.11 Å². The van der Waals surface area contributed by atoms with Crippen molar-refractivity contribution in [3.63, 3.8) is 0 Å². The van der Waals surface area contributed by atoms with Crippen molar-refractivity contribution in [1.82, 2.24) is 0 Å². The van der Waals surface area contributed by atoms with Gasteiger partial charge in [-0.25, -0.2) is 14.9 Å². The fraction of sp³-hybridized carbons (Fsp3) is 0.167. The number of nitro groups is 1. The van der Waals surface area contributed by atoms with Gasteiger partial charge in [0.05, 0.1) is 0 Å². The lowest BCUT2D eigenvalue weighted by atomic mass is 10.1. The average Bonchev–Trinajstić information content (AvgIpc) is 2.76. The van der Waals surface area contributed by atoms with Gasteiger partial charge in [0.25, 0.3) is 0 Å². The summed E-state index contributed by atoms with van der Waals surface area (Å²) in [6.45, 7) is 0. The van der Waals surface area contributed by atoms with Crippen LogP contribution in [0, 0.1) is 10.1 Å². The van der Waals surface area contributed by atoms with Crippen LogP contribution < -0.4 is 5.01 Å². The number of ketones is 1. The maximum Gasteiger partial charge on any atom is 0.470 e. The lowest BCUT2D eigenvalue weighted by molar-refractivity contribution is -0.483. The SMILES string of the molecule is O=C1C=C(c2ccc(N(C(=O)O)[N+](=O)[O-])cc2)CC1. The highest BCUT2D eigenvalue weighted by Gasteiger charge is 2.26. The molecule has 2 rings (SSSR count). The smallest absolute Gasteiger partial charge is 0.461 e. The van der Waals surface area contributed by atoms with Gasteiger partial charge in [-0.3, -0.25) is 4.79 Å². The van der Waals surface area contributed by atoms with Gasteiger partial charge in [0.2, 0.25) is 0 Å². The van der Waals surface area contributed by atoms with E-state index in [4.69, 9.17) is 5.11 Å². The summed E-state index contributed by atoms with van der Waals surface area (Å²) >= 11 is 0. The summed E-state index contributed by atoms with van der Waals surface area (Å²) in [6, 6.07) is 5.82. The Labute approximate surface area is 107 Å². The maximum atomic E-state index is 11.1. The van der Waals surface area contributed by atoms with Crippen molar-refractivity contribution < 1.29 is 19.7 Å². The monoisotopic (exact) mass is 262 g/mol. The molecule has 1 aromatic rings. The molecule has 0 saturated heterocycles. The number of rotatable bonds is 3. The minimum Gasteiger partial charge on any atom is -0.461 e. The second-order valence-corrected chi connectivity index (χ2v) is 4.01. The van der Waals surface area contributed by atoms with Gasteiger partial charge in [-0.2, -0.15) is 0 Å². The molecule has 1 amide bonds. The van der Waals surface area contributed by atoms with E-state index in [9.17, 15) is 19.7 Å². The number of hydrogen-bond donors (Lipinski definition) is 1. The molecular weight excluding hydrogens is 252 g/mol. The Morgan fingerprint density at radius 2 is 1.89 bits per heavy atom. The summed E-state index contributed by atoms with van der Waals surface area (Å²) in [5.41, 5.74) is 1.58. The number of benzene rings is 1.